The molecule has 0 fully saturated rings. The normalized spacial score (nSPS) is 13.1. The Balaban J connectivity index is 2.10. The van der Waals surface area contributed by atoms with Gasteiger partial charge in [-0.25, -0.2) is 0 Å². The minimum Gasteiger partial charge on any atom is -0.448 e. The lowest BCUT2D eigenvalue weighted by Gasteiger charge is -2.07. The van der Waals surface area contributed by atoms with Gasteiger partial charge in [0.1, 0.15) is 5.76 Å². The Morgan fingerprint density at radius 3 is 2.93 bits per heavy atom. The van der Waals surface area contributed by atoms with Crippen LogP contribution >= 0.6 is 23.4 Å². The van der Waals surface area contributed by atoms with E-state index in [2.05, 4.69) is 18.5 Å². The van der Waals surface area contributed by atoms with Gasteiger partial charge >= 0.3 is 0 Å². The van der Waals surface area contributed by atoms with Crippen LogP contribution in [0.1, 0.15) is 19.1 Å². The highest BCUT2D eigenvalue weighted by Gasteiger charge is 2.00. The molecule has 0 radical (unpaired) electrons. The fourth-order valence-corrected chi connectivity index (χ4v) is 1.60. The zero-order valence-corrected chi connectivity index (χ0v) is 10.1. The van der Waals surface area contributed by atoms with Crippen molar-refractivity contribution in [3.05, 3.63) is 23.1 Å². The van der Waals surface area contributed by atoms with Crippen molar-refractivity contribution in [2.45, 2.75) is 25.1 Å². The quantitative estimate of drug-likeness (QED) is 0.765. The third kappa shape index (κ3) is 4.40. The first-order valence-electron chi connectivity index (χ1n) is 4.70. The Morgan fingerprint density at radius 2 is 2.36 bits per heavy atom. The standard InChI is InChI=1S/C10H16ClNOS/c1-8(14-2)5-6-12-7-9-3-4-10(11)13-9/h3-4,8,12H,5-7H2,1-2H3. The number of thioether (sulfide) groups is 1. The minimum absolute atomic E-state index is 0.458. The van der Waals surface area contributed by atoms with Gasteiger partial charge in [-0.1, -0.05) is 6.92 Å². The second-order valence-corrected chi connectivity index (χ2v) is 4.87. The number of hydrogen-bond acceptors (Lipinski definition) is 3. The van der Waals surface area contributed by atoms with Gasteiger partial charge in [0.05, 0.1) is 6.54 Å². The van der Waals surface area contributed by atoms with Gasteiger partial charge in [0.15, 0.2) is 5.22 Å². The maximum atomic E-state index is 5.65. The fraction of sp³-hybridized carbons (Fsp3) is 0.600. The Bertz CT molecular complexity index is 264. The summed E-state index contributed by atoms with van der Waals surface area (Å²) in [4.78, 5) is 0. The molecule has 0 saturated heterocycles. The van der Waals surface area contributed by atoms with Crippen LogP contribution in [0.2, 0.25) is 5.22 Å². The van der Waals surface area contributed by atoms with Crippen LogP contribution in [0.15, 0.2) is 16.5 Å². The second-order valence-electron chi connectivity index (χ2n) is 3.22. The molecule has 1 N–H and O–H groups in total. The molecule has 1 aromatic heterocycles. The van der Waals surface area contributed by atoms with Gasteiger partial charge in [0, 0.05) is 5.25 Å². The van der Waals surface area contributed by atoms with E-state index >= 15 is 0 Å². The molecule has 1 unspecified atom stereocenters. The number of halogens is 1. The van der Waals surface area contributed by atoms with Gasteiger partial charge in [-0.15, -0.1) is 0 Å². The van der Waals surface area contributed by atoms with E-state index in [1.165, 1.54) is 6.42 Å². The highest BCUT2D eigenvalue weighted by Crippen LogP contribution is 2.13. The van der Waals surface area contributed by atoms with Crippen LogP contribution in [0.25, 0.3) is 0 Å². The summed E-state index contributed by atoms with van der Waals surface area (Å²) in [5.41, 5.74) is 0. The van der Waals surface area contributed by atoms with E-state index in [-0.39, 0.29) is 0 Å². The first-order chi connectivity index (χ1) is 6.72. The molecular weight excluding hydrogens is 218 g/mol. The second kappa shape index (κ2) is 6.38. The first kappa shape index (κ1) is 12.0. The van der Waals surface area contributed by atoms with Gasteiger partial charge in [-0.2, -0.15) is 11.8 Å². The molecule has 2 nitrogen and oxygen atoms in total. The van der Waals surface area contributed by atoms with Crippen molar-refractivity contribution in [1.82, 2.24) is 5.32 Å². The molecule has 1 heterocycles. The summed E-state index contributed by atoms with van der Waals surface area (Å²) < 4.78 is 5.21. The van der Waals surface area contributed by atoms with E-state index in [4.69, 9.17) is 16.0 Å². The van der Waals surface area contributed by atoms with Crippen molar-refractivity contribution in [3.63, 3.8) is 0 Å². The minimum atomic E-state index is 0.458. The maximum Gasteiger partial charge on any atom is 0.193 e. The summed E-state index contributed by atoms with van der Waals surface area (Å²) in [6.07, 6.45) is 3.31. The maximum absolute atomic E-state index is 5.65. The van der Waals surface area contributed by atoms with Crippen molar-refractivity contribution in [1.29, 1.82) is 0 Å². The van der Waals surface area contributed by atoms with Crippen molar-refractivity contribution in [2.24, 2.45) is 0 Å². The third-order valence-corrected chi connectivity index (χ3v) is 3.30. The average molecular weight is 234 g/mol. The summed E-state index contributed by atoms with van der Waals surface area (Å²) in [5, 5.41) is 4.48. The molecule has 0 aliphatic heterocycles. The third-order valence-electron chi connectivity index (χ3n) is 2.06. The highest BCUT2D eigenvalue weighted by atomic mass is 35.5. The van der Waals surface area contributed by atoms with E-state index in [1.54, 1.807) is 6.07 Å². The molecule has 0 aromatic carbocycles. The number of rotatable bonds is 6. The molecule has 0 aliphatic rings. The topological polar surface area (TPSA) is 25.2 Å². The largest absolute Gasteiger partial charge is 0.448 e. The molecule has 0 saturated carbocycles. The van der Waals surface area contributed by atoms with Crippen LogP contribution < -0.4 is 5.32 Å². The van der Waals surface area contributed by atoms with Crippen molar-refractivity contribution >= 4 is 23.4 Å². The predicted octanol–water partition coefficient (Wildman–Crippen LogP) is 3.16. The zero-order chi connectivity index (χ0) is 10.4. The van der Waals surface area contributed by atoms with Crippen LogP contribution in [0, 0.1) is 0 Å². The number of hydrogen-bond donors (Lipinski definition) is 1. The van der Waals surface area contributed by atoms with Crippen molar-refractivity contribution < 1.29 is 4.42 Å². The number of nitrogens with one attached hydrogen (secondary N) is 1. The predicted molar refractivity (Wildman–Crippen MR) is 63.0 cm³/mol. The first-order valence-corrected chi connectivity index (χ1v) is 6.36. The molecule has 0 amide bonds. The SMILES string of the molecule is CSC(C)CCNCc1ccc(Cl)o1. The van der Waals surface area contributed by atoms with E-state index in [0.717, 1.165) is 18.8 Å². The van der Waals surface area contributed by atoms with Gasteiger partial charge in [-0.05, 0) is 43.0 Å². The molecule has 0 spiro atoms. The molecular formula is C10H16ClNOS. The van der Waals surface area contributed by atoms with Crippen molar-refractivity contribution in [3.8, 4) is 0 Å². The molecule has 14 heavy (non-hydrogen) atoms. The molecule has 1 atom stereocenters. The van der Waals surface area contributed by atoms with Gasteiger partial charge < -0.3 is 9.73 Å². The summed E-state index contributed by atoms with van der Waals surface area (Å²) in [5.74, 6) is 0.895. The summed E-state index contributed by atoms with van der Waals surface area (Å²) >= 11 is 7.54. The van der Waals surface area contributed by atoms with Gasteiger partial charge in [0.25, 0.3) is 0 Å². The van der Waals surface area contributed by atoms with Crippen LogP contribution in [0.3, 0.4) is 0 Å². The summed E-state index contributed by atoms with van der Waals surface area (Å²) in [6.45, 7) is 4.00. The molecule has 4 heteroatoms. The van der Waals surface area contributed by atoms with Crippen LogP contribution in [-0.4, -0.2) is 18.1 Å². The van der Waals surface area contributed by atoms with Crippen molar-refractivity contribution in [2.75, 3.05) is 12.8 Å². The van der Waals surface area contributed by atoms with Gasteiger partial charge in [-0.3, -0.25) is 0 Å². The van der Waals surface area contributed by atoms with Crippen LogP contribution in [0.5, 0.6) is 0 Å². The average Bonchev–Trinajstić information content (AvgIpc) is 2.58. The number of furan rings is 1. The lowest BCUT2D eigenvalue weighted by Crippen LogP contribution is -2.17. The summed E-state index contributed by atoms with van der Waals surface area (Å²) in [6, 6.07) is 3.66. The molecule has 0 bridgehead atoms. The van der Waals surface area contributed by atoms with E-state index in [1.807, 2.05) is 17.8 Å². The smallest absolute Gasteiger partial charge is 0.193 e. The fourth-order valence-electron chi connectivity index (χ4n) is 1.08. The van der Waals surface area contributed by atoms with Gasteiger partial charge in [0.2, 0.25) is 0 Å². The van der Waals surface area contributed by atoms with Crippen LogP contribution in [-0.2, 0) is 6.54 Å². The lowest BCUT2D eigenvalue weighted by atomic mass is 10.3. The van der Waals surface area contributed by atoms with E-state index < -0.39 is 0 Å². The van der Waals surface area contributed by atoms with E-state index in [9.17, 15) is 0 Å². The Morgan fingerprint density at radius 1 is 1.57 bits per heavy atom. The molecule has 80 valence electrons. The highest BCUT2D eigenvalue weighted by molar-refractivity contribution is 7.99. The lowest BCUT2D eigenvalue weighted by molar-refractivity contribution is 0.482. The Labute approximate surface area is 94.4 Å². The van der Waals surface area contributed by atoms with Crippen LogP contribution in [0.4, 0.5) is 0 Å². The summed E-state index contributed by atoms with van der Waals surface area (Å²) in [7, 11) is 0. The Hall–Kier alpha value is -0.120. The monoisotopic (exact) mass is 233 g/mol. The molecule has 1 aromatic rings. The molecule has 1 rings (SSSR count). The zero-order valence-electron chi connectivity index (χ0n) is 8.55. The Kier molecular flexibility index (Phi) is 5.45. The molecule has 0 aliphatic carbocycles. The van der Waals surface area contributed by atoms with E-state index in [0.29, 0.717) is 10.5 Å².